The molecule has 0 fully saturated rings. The van der Waals surface area contributed by atoms with Gasteiger partial charge in [-0.1, -0.05) is 31.0 Å². The monoisotopic (exact) mass is 263 g/mol. The molecule has 0 saturated heterocycles. The summed E-state index contributed by atoms with van der Waals surface area (Å²) in [5.74, 6) is -0.366. The van der Waals surface area contributed by atoms with Gasteiger partial charge < -0.3 is 0 Å². The fourth-order valence-corrected chi connectivity index (χ4v) is 2.03. The Morgan fingerprint density at radius 2 is 2.28 bits per heavy atom. The van der Waals surface area contributed by atoms with Crippen molar-refractivity contribution in [2.75, 3.05) is 0 Å². The van der Waals surface area contributed by atoms with Crippen LogP contribution in [0.2, 0.25) is 5.15 Å². The second kappa shape index (κ2) is 5.19. The van der Waals surface area contributed by atoms with Crippen LogP contribution in [-0.4, -0.2) is 9.78 Å². The van der Waals surface area contributed by atoms with Crippen molar-refractivity contribution in [1.82, 2.24) is 9.78 Å². The molecule has 2 aromatic rings. The van der Waals surface area contributed by atoms with Gasteiger partial charge >= 0.3 is 0 Å². The number of nitriles is 1. The lowest BCUT2D eigenvalue weighted by Gasteiger charge is -2.02. The summed E-state index contributed by atoms with van der Waals surface area (Å²) >= 11 is 6.11. The van der Waals surface area contributed by atoms with Gasteiger partial charge in [0.2, 0.25) is 0 Å². The van der Waals surface area contributed by atoms with E-state index in [9.17, 15) is 4.39 Å². The number of aromatic nitrogens is 2. The summed E-state index contributed by atoms with van der Waals surface area (Å²) in [6, 6.07) is 7.99. The van der Waals surface area contributed by atoms with Crippen LogP contribution in [-0.2, 0) is 6.42 Å². The highest BCUT2D eigenvalue weighted by Crippen LogP contribution is 2.24. The van der Waals surface area contributed by atoms with Crippen molar-refractivity contribution in [2.24, 2.45) is 0 Å². The average Bonchev–Trinajstić information content (AvgIpc) is 2.66. The van der Waals surface area contributed by atoms with Crippen LogP contribution >= 0.6 is 11.6 Å². The number of nitrogens with zero attached hydrogens (tertiary/aromatic N) is 3. The molecule has 0 unspecified atom stereocenters. The molecule has 0 bridgehead atoms. The van der Waals surface area contributed by atoms with E-state index in [-0.39, 0.29) is 11.0 Å². The highest BCUT2D eigenvalue weighted by Gasteiger charge is 2.16. The molecular weight excluding hydrogens is 253 g/mol. The molecule has 0 spiro atoms. The standard InChI is InChI=1S/C13H11ClFN3/c1-2-4-12-11(8-16)13(14)18(17-12)10-6-3-5-9(15)7-10/h3,5-7H,2,4H2,1H3. The summed E-state index contributed by atoms with van der Waals surface area (Å²) in [5.41, 5.74) is 1.52. The summed E-state index contributed by atoms with van der Waals surface area (Å²) in [6.45, 7) is 2.00. The van der Waals surface area contributed by atoms with Crippen molar-refractivity contribution in [3.8, 4) is 11.8 Å². The lowest BCUT2D eigenvalue weighted by Crippen LogP contribution is -1.98. The van der Waals surface area contributed by atoms with Gasteiger partial charge in [0.1, 0.15) is 17.4 Å². The Balaban J connectivity index is 2.56. The summed E-state index contributed by atoms with van der Waals surface area (Å²) in [7, 11) is 0. The van der Waals surface area contributed by atoms with E-state index in [0.717, 1.165) is 6.42 Å². The van der Waals surface area contributed by atoms with E-state index in [1.165, 1.54) is 16.8 Å². The van der Waals surface area contributed by atoms with Gasteiger partial charge in [-0.3, -0.25) is 0 Å². The fraction of sp³-hybridized carbons (Fsp3) is 0.231. The van der Waals surface area contributed by atoms with E-state index < -0.39 is 0 Å². The highest BCUT2D eigenvalue weighted by molar-refractivity contribution is 6.31. The van der Waals surface area contributed by atoms with Gasteiger partial charge in [-0.05, 0) is 24.6 Å². The molecule has 92 valence electrons. The van der Waals surface area contributed by atoms with Crippen LogP contribution in [0.3, 0.4) is 0 Å². The van der Waals surface area contributed by atoms with Crippen LogP contribution < -0.4 is 0 Å². The molecule has 18 heavy (non-hydrogen) atoms. The Labute approximate surface area is 109 Å². The maximum atomic E-state index is 13.2. The van der Waals surface area contributed by atoms with Gasteiger partial charge in [0.05, 0.1) is 11.4 Å². The Morgan fingerprint density at radius 1 is 1.50 bits per heavy atom. The maximum absolute atomic E-state index is 13.2. The molecule has 0 aliphatic heterocycles. The lowest BCUT2D eigenvalue weighted by molar-refractivity contribution is 0.625. The van der Waals surface area contributed by atoms with Crippen molar-refractivity contribution in [3.63, 3.8) is 0 Å². The summed E-state index contributed by atoms with van der Waals surface area (Å²) < 4.78 is 14.6. The Bertz CT molecular complexity index is 613. The molecule has 1 aromatic heterocycles. The average molecular weight is 264 g/mol. The second-order valence-corrected chi connectivity index (χ2v) is 4.22. The molecule has 1 heterocycles. The summed E-state index contributed by atoms with van der Waals surface area (Å²) in [5, 5.41) is 13.6. The van der Waals surface area contributed by atoms with E-state index in [1.54, 1.807) is 12.1 Å². The third-order valence-electron chi connectivity index (χ3n) is 2.55. The van der Waals surface area contributed by atoms with Crippen molar-refractivity contribution in [3.05, 3.63) is 46.5 Å². The van der Waals surface area contributed by atoms with Crippen LogP contribution in [0.25, 0.3) is 5.69 Å². The minimum Gasteiger partial charge on any atom is -0.220 e. The van der Waals surface area contributed by atoms with Gasteiger partial charge in [0.25, 0.3) is 0 Å². The topological polar surface area (TPSA) is 41.6 Å². The van der Waals surface area contributed by atoms with Crippen molar-refractivity contribution >= 4 is 11.6 Å². The number of rotatable bonds is 3. The Kier molecular flexibility index (Phi) is 3.63. The SMILES string of the molecule is CCCc1nn(-c2cccc(F)c2)c(Cl)c1C#N. The molecule has 0 atom stereocenters. The predicted octanol–water partition coefficient (Wildman–Crippen LogP) is 3.49. The Morgan fingerprint density at radius 3 is 2.89 bits per heavy atom. The normalized spacial score (nSPS) is 10.3. The second-order valence-electron chi connectivity index (χ2n) is 3.87. The van der Waals surface area contributed by atoms with Crippen LogP contribution in [0.5, 0.6) is 0 Å². The zero-order valence-electron chi connectivity index (χ0n) is 9.82. The van der Waals surface area contributed by atoms with E-state index in [1.807, 2.05) is 13.0 Å². The number of hydrogen-bond donors (Lipinski definition) is 0. The zero-order chi connectivity index (χ0) is 13.1. The van der Waals surface area contributed by atoms with E-state index in [2.05, 4.69) is 5.10 Å². The number of halogens is 2. The molecule has 0 N–H and O–H groups in total. The molecule has 0 radical (unpaired) electrons. The number of benzene rings is 1. The molecule has 1 aromatic carbocycles. The largest absolute Gasteiger partial charge is 0.220 e. The van der Waals surface area contributed by atoms with Crippen LogP contribution in [0.4, 0.5) is 4.39 Å². The van der Waals surface area contributed by atoms with Gasteiger partial charge in [0.15, 0.2) is 5.15 Å². The van der Waals surface area contributed by atoms with Gasteiger partial charge in [-0.15, -0.1) is 0 Å². The van der Waals surface area contributed by atoms with Crippen molar-refractivity contribution in [2.45, 2.75) is 19.8 Å². The quantitative estimate of drug-likeness (QED) is 0.851. The third-order valence-corrected chi connectivity index (χ3v) is 2.90. The van der Waals surface area contributed by atoms with E-state index >= 15 is 0 Å². The van der Waals surface area contributed by atoms with Crippen LogP contribution in [0.15, 0.2) is 24.3 Å². The molecule has 0 aliphatic carbocycles. The van der Waals surface area contributed by atoms with Gasteiger partial charge in [-0.2, -0.15) is 10.4 Å². The molecule has 0 saturated carbocycles. The predicted molar refractivity (Wildman–Crippen MR) is 67.2 cm³/mol. The van der Waals surface area contributed by atoms with Crippen molar-refractivity contribution in [1.29, 1.82) is 5.26 Å². The first kappa shape index (κ1) is 12.6. The molecule has 3 nitrogen and oxygen atoms in total. The number of aryl methyl sites for hydroxylation is 1. The zero-order valence-corrected chi connectivity index (χ0v) is 10.6. The molecule has 2 rings (SSSR count). The van der Waals surface area contributed by atoms with Crippen LogP contribution in [0.1, 0.15) is 24.6 Å². The van der Waals surface area contributed by atoms with E-state index in [4.69, 9.17) is 16.9 Å². The molecule has 0 amide bonds. The first-order chi connectivity index (χ1) is 8.67. The van der Waals surface area contributed by atoms with Crippen LogP contribution in [0, 0.1) is 17.1 Å². The van der Waals surface area contributed by atoms with E-state index in [0.29, 0.717) is 23.4 Å². The first-order valence-corrected chi connectivity index (χ1v) is 5.98. The summed E-state index contributed by atoms with van der Waals surface area (Å²) in [6.07, 6.45) is 1.54. The highest BCUT2D eigenvalue weighted by atomic mass is 35.5. The third kappa shape index (κ3) is 2.22. The lowest BCUT2D eigenvalue weighted by atomic mass is 10.2. The Hall–Kier alpha value is -1.86. The van der Waals surface area contributed by atoms with Gasteiger partial charge in [-0.25, -0.2) is 9.07 Å². The smallest absolute Gasteiger partial charge is 0.150 e. The number of hydrogen-bond acceptors (Lipinski definition) is 2. The first-order valence-electron chi connectivity index (χ1n) is 5.60. The van der Waals surface area contributed by atoms with Crippen molar-refractivity contribution < 1.29 is 4.39 Å². The summed E-state index contributed by atoms with van der Waals surface area (Å²) in [4.78, 5) is 0. The minimum absolute atomic E-state index is 0.228. The molecule has 5 heteroatoms. The minimum atomic E-state index is -0.366. The maximum Gasteiger partial charge on any atom is 0.150 e. The van der Waals surface area contributed by atoms with Gasteiger partial charge in [0, 0.05) is 0 Å². The molecular formula is C13H11ClFN3. The molecule has 0 aliphatic rings. The fourth-order valence-electron chi connectivity index (χ4n) is 1.74.